The van der Waals surface area contributed by atoms with E-state index in [1.54, 1.807) is 48.2 Å². The number of nitrogens with zero attached hydrogens (tertiary/aromatic N) is 2. The molecule has 1 aromatic carbocycles. The van der Waals surface area contributed by atoms with Gasteiger partial charge < -0.3 is 16.0 Å². The second kappa shape index (κ2) is 7.49. The van der Waals surface area contributed by atoms with Gasteiger partial charge in [-0.05, 0) is 38.2 Å². The van der Waals surface area contributed by atoms with Crippen molar-refractivity contribution in [3.05, 3.63) is 24.3 Å². The summed E-state index contributed by atoms with van der Waals surface area (Å²) in [6, 6.07) is 7.07. The predicted octanol–water partition coefficient (Wildman–Crippen LogP) is 0.300. The Morgan fingerprint density at radius 2 is 1.75 bits per heavy atom. The van der Waals surface area contributed by atoms with Gasteiger partial charge in [0.1, 0.15) is 0 Å². The molecule has 0 fully saturated rings. The van der Waals surface area contributed by atoms with Gasteiger partial charge in [-0.3, -0.25) is 14.5 Å². The molecule has 0 aliphatic carbocycles. The summed E-state index contributed by atoms with van der Waals surface area (Å²) in [5, 5.41) is 2.70. The quantitative estimate of drug-likeness (QED) is 0.734. The number of benzene rings is 1. The number of nitrogens with two attached hydrogens (primary N) is 1. The maximum absolute atomic E-state index is 12.1. The minimum Gasteiger partial charge on any atom is -0.399 e. The van der Waals surface area contributed by atoms with E-state index in [0.29, 0.717) is 12.2 Å². The molecule has 3 N–H and O–H groups in total. The van der Waals surface area contributed by atoms with E-state index in [9.17, 15) is 9.59 Å². The lowest BCUT2D eigenvalue weighted by molar-refractivity contribution is -0.123. The lowest BCUT2D eigenvalue weighted by Crippen LogP contribution is -2.41. The molecular formula is C14H22N4O2. The summed E-state index contributed by atoms with van der Waals surface area (Å²) in [5.41, 5.74) is 7.04. The summed E-state index contributed by atoms with van der Waals surface area (Å²) < 4.78 is 0. The second-order valence-electron chi connectivity index (χ2n) is 4.67. The van der Waals surface area contributed by atoms with Crippen LogP contribution in [0.2, 0.25) is 0 Å². The molecule has 0 atom stereocenters. The number of nitrogen functional groups attached to an aromatic ring is 1. The molecule has 0 aromatic heterocycles. The molecular weight excluding hydrogens is 256 g/mol. The third-order valence-electron chi connectivity index (χ3n) is 2.85. The van der Waals surface area contributed by atoms with Crippen molar-refractivity contribution in [3.63, 3.8) is 0 Å². The first kappa shape index (κ1) is 16.0. The van der Waals surface area contributed by atoms with Gasteiger partial charge in [0.2, 0.25) is 11.8 Å². The highest BCUT2D eigenvalue weighted by atomic mass is 16.2. The van der Waals surface area contributed by atoms with E-state index < -0.39 is 0 Å². The zero-order chi connectivity index (χ0) is 15.1. The van der Waals surface area contributed by atoms with Gasteiger partial charge in [-0.15, -0.1) is 0 Å². The molecule has 110 valence electrons. The van der Waals surface area contributed by atoms with Crippen molar-refractivity contribution in [3.8, 4) is 0 Å². The Morgan fingerprint density at radius 3 is 2.30 bits per heavy atom. The highest BCUT2D eigenvalue weighted by Gasteiger charge is 2.14. The number of rotatable bonds is 6. The summed E-state index contributed by atoms with van der Waals surface area (Å²) in [4.78, 5) is 26.8. The zero-order valence-corrected chi connectivity index (χ0v) is 12.2. The van der Waals surface area contributed by atoms with Gasteiger partial charge in [0.25, 0.3) is 0 Å². The van der Waals surface area contributed by atoms with Gasteiger partial charge in [-0.2, -0.15) is 0 Å². The topological polar surface area (TPSA) is 78.7 Å². The standard InChI is InChI=1S/C14H22N4O2/c1-4-16-13(19)9-17(2)10-14(20)18(3)12-7-5-11(15)6-8-12/h5-8H,4,9-10,15H2,1-3H3,(H,16,19). The molecule has 20 heavy (non-hydrogen) atoms. The van der Waals surface area contributed by atoms with Crippen LogP contribution >= 0.6 is 0 Å². The Labute approximate surface area is 119 Å². The first-order valence-electron chi connectivity index (χ1n) is 6.51. The van der Waals surface area contributed by atoms with Gasteiger partial charge in [0.15, 0.2) is 0 Å². The summed E-state index contributed by atoms with van der Waals surface area (Å²) in [7, 11) is 3.44. The lowest BCUT2D eigenvalue weighted by atomic mass is 10.2. The summed E-state index contributed by atoms with van der Waals surface area (Å²) in [5.74, 6) is -0.167. The molecule has 1 rings (SSSR count). The Morgan fingerprint density at radius 1 is 1.15 bits per heavy atom. The smallest absolute Gasteiger partial charge is 0.240 e. The van der Waals surface area contributed by atoms with Crippen molar-refractivity contribution in [2.45, 2.75) is 6.92 Å². The van der Waals surface area contributed by atoms with Crippen LogP contribution < -0.4 is 16.0 Å². The first-order valence-corrected chi connectivity index (χ1v) is 6.51. The minimum absolute atomic E-state index is 0.0819. The van der Waals surface area contributed by atoms with Crippen LogP contribution in [0.15, 0.2) is 24.3 Å². The van der Waals surface area contributed by atoms with Crippen LogP contribution in [0.3, 0.4) is 0 Å². The molecule has 0 saturated heterocycles. The molecule has 0 unspecified atom stereocenters. The summed E-state index contributed by atoms with van der Waals surface area (Å²) in [6.07, 6.45) is 0. The Kier molecular flexibility index (Phi) is 5.99. The van der Waals surface area contributed by atoms with Gasteiger partial charge in [0, 0.05) is 25.0 Å². The van der Waals surface area contributed by atoms with E-state index in [1.807, 2.05) is 6.92 Å². The molecule has 2 amide bonds. The fraction of sp³-hybridized carbons (Fsp3) is 0.429. The number of anilines is 2. The molecule has 1 aromatic rings. The Balaban J connectivity index is 2.53. The fourth-order valence-corrected chi connectivity index (χ4v) is 1.73. The van der Waals surface area contributed by atoms with E-state index in [4.69, 9.17) is 5.73 Å². The highest BCUT2D eigenvalue weighted by Crippen LogP contribution is 2.14. The highest BCUT2D eigenvalue weighted by molar-refractivity contribution is 5.94. The van der Waals surface area contributed by atoms with Gasteiger partial charge in [0.05, 0.1) is 13.1 Å². The predicted molar refractivity (Wildman–Crippen MR) is 80.4 cm³/mol. The summed E-state index contributed by atoms with van der Waals surface area (Å²) in [6.45, 7) is 2.83. The van der Waals surface area contributed by atoms with Gasteiger partial charge in [-0.1, -0.05) is 0 Å². The molecule has 6 heteroatoms. The number of amides is 2. The third kappa shape index (κ3) is 4.89. The monoisotopic (exact) mass is 278 g/mol. The van der Waals surface area contributed by atoms with E-state index in [0.717, 1.165) is 5.69 Å². The third-order valence-corrected chi connectivity index (χ3v) is 2.85. The maximum atomic E-state index is 12.1. The SMILES string of the molecule is CCNC(=O)CN(C)CC(=O)N(C)c1ccc(N)cc1. The van der Waals surface area contributed by atoms with E-state index in [-0.39, 0.29) is 24.9 Å². The number of carbonyl (C=O) groups excluding carboxylic acids is 2. The van der Waals surface area contributed by atoms with E-state index in [1.165, 1.54) is 0 Å². The first-order chi connectivity index (χ1) is 9.43. The van der Waals surface area contributed by atoms with Crippen molar-refractivity contribution >= 4 is 23.2 Å². The Bertz CT molecular complexity index is 459. The Hall–Kier alpha value is -2.08. The molecule has 0 aliphatic rings. The second-order valence-corrected chi connectivity index (χ2v) is 4.67. The molecule has 0 aliphatic heterocycles. The number of hydrogen-bond donors (Lipinski definition) is 2. The van der Waals surface area contributed by atoms with Crippen LogP contribution in [-0.2, 0) is 9.59 Å². The van der Waals surface area contributed by atoms with Crippen molar-refractivity contribution < 1.29 is 9.59 Å². The normalized spacial score (nSPS) is 10.4. The van der Waals surface area contributed by atoms with Crippen molar-refractivity contribution in [2.75, 3.05) is 44.4 Å². The molecule has 0 saturated carbocycles. The number of nitrogens with one attached hydrogen (secondary N) is 1. The zero-order valence-electron chi connectivity index (χ0n) is 12.2. The van der Waals surface area contributed by atoms with Crippen LogP contribution in [0.25, 0.3) is 0 Å². The van der Waals surface area contributed by atoms with Gasteiger partial charge >= 0.3 is 0 Å². The number of likely N-dealkylation sites (N-methyl/N-ethyl adjacent to an activating group) is 3. The molecule has 6 nitrogen and oxygen atoms in total. The van der Waals surface area contributed by atoms with Crippen LogP contribution in [0.5, 0.6) is 0 Å². The van der Waals surface area contributed by atoms with Crippen LogP contribution in [0, 0.1) is 0 Å². The van der Waals surface area contributed by atoms with Crippen LogP contribution in [0.1, 0.15) is 6.92 Å². The number of carbonyl (C=O) groups is 2. The van der Waals surface area contributed by atoms with Crippen molar-refractivity contribution in [2.24, 2.45) is 0 Å². The molecule has 0 heterocycles. The van der Waals surface area contributed by atoms with Crippen LogP contribution in [-0.4, -0.2) is 50.4 Å². The largest absolute Gasteiger partial charge is 0.399 e. The number of hydrogen-bond acceptors (Lipinski definition) is 4. The minimum atomic E-state index is -0.0852. The van der Waals surface area contributed by atoms with Gasteiger partial charge in [-0.25, -0.2) is 0 Å². The average Bonchev–Trinajstić information content (AvgIpc) is 2.38. The van der Waals surface area contributed by atoms with Crippen molar-refractivity contribution in [1.29, 1.82) is 0 Å². The fourth-order valence-electron chi connectivity index (χ4n) is 1.73. The summed E-state index contributed by atoms with van der Waals surface area (Å²) >= 11 is 0. The van der Waals surface area contributed by atoms with Crippen LogP contribution in [0.4, 0.5) is 11.4 Å². The van der Waals surface area contributed by atoms with Crippen molar-refractivity contribution in [1.82, 2.24) is 10.2 Å². The van der Waals surface area contributed by atoms with E-state index in [2.05, 4.69) is 5.32 Å². The molecule has 0 bridgehead atoms. The maximum Gasteiger partial charge on any atom is 0.240 e. The lowest BCUT2D eigenvalue weighted by Gasteiger charge is -2.21. The van der Waals surface area contributed by atoms with E-state index >= 15 is 0 Å². The molecule has 0 radical (unpaired) electrons. The molecule has 0 spiro atoms. The average molecular weight is 278 g/mol.